The van der Waals surface area contributed by atoms with Gasteiger partial charge >= 0.3 is 0 Å². The van der Waals surface area contributed by atoms with Gasteiger partial charge in [0.25, 0.3) is 0 Å². The van der Waals surface area contributed by atoms with Crippen molar-refractivity contribution in [1.29, 1.82) is 0 Å². The lowest BCUT2D eigenvalue weighted by molar-refractivity contribution is -0.0672. The van der Waals surface area contributed by atoms with Crippen LogP contribution in [0.5, 0.6) is 11.5 Å². The second-order valence-corrected chi connectivity index (χ2v) is 6.04. The van der Waals surface area contributed by atoms with Gasteiger partial charge in [-0.15, -0.1) is 0 Å². The summed E-state index contributed by atoms with van der Waals surface area (Å²) < 4.78 is 16.5. The monoisotopic (exact) mass is 293 g/mol. The molecule has 21 heavy (non-hydrogen) atoms. The van der Waals surface area contributed by atoms with Gasteiger partial charge in [0, 0.05) is 7.11 Å². The molecule has 1 saturated carbocycles. The third kappa shape index (κ3) is 3.16. The minimum absolute atomic E-state index is 0.158. The third-order valence-electron chi connectivity index (χ3n) is 4.86. The first-order valence-electron chi connectivity index (χ1n) is 7.59. The highest BCUT2D eigenvalue weighted by Gasteiger charge is 2.40. The van der Waals surface area contributed by atoms with Crippen LogP contribution >= 0.6 is 0 Å². The second kappa shape index (κ2) is 6.67. The van der Waals surface area contributed by atoms with E-state index in [4.69, 9.17) is 19.9 Å². The van der Waals surface area contributed by atoms with E-state index in [-0.39, 0.29) is 11.6 Å². The summed E-state index contributed by atoms with van der Waals surface area (Å²) in [5, 5.41) is 0. The van der Waals surface area contributed by atoms with Gasteiger partial charge in [0.2, 0.25) is 0 Å². The molecule has 0 amide bonds. The zero-order valence-corrected chi connectivity index (χ0v) is 13.5. The largest absolute Gasteiger partial charge is 0.493 e. The predicted molar refractivity (Wildman–Crippen MR) is 83.8 cm³/mol. The molecule has 118 valence electrons. The van der Waals surface area contributed by atoms with Gasteiger partial charge in [-0.2, -0.15) is 0 Å². The third-order valence-corrected chi connectivity index (χ3v) is 4.86. The maximum Gasteiger partial charge on any atom is 0.161 e. The highest BCUT2D eigenvalue weighted by Crippen LogP contribution is 2.43. The molecule has 1 unspecified atom stereocenters. The summed E-state index contributed by atoms with van der Waals surface area (Å²) in [6, 6.07) is 5.71. The van der Waals surface area contributed by atoms with Gasteiger partial charge in [-0.05, 0) is 49.3 Å². The number of methoxy groups -OCH3 is 3. The molecule has 1 atom stereocenters. The molecular weight excluding hydrogens is 266 g/mol. The Morgan fingerprint density at radius 2 is 1.71 bits per heavy atom. The van der Waals surface area contributed by atoms with Gasteiger partial charge in [0.05, 0.1) is 25.9 Å². The molecule has 1 aliphatic carbocycles. The van der Waals surface area contributed by atoms with Crippen molar-refractivity contribution in [3.05, 3.63) is 23.8 Å². The van der Waals surface area contributed by atoms with Crippen LogP contribution in [0.25, 0.3) is 0 Å². The molecule has 4 nitrogen and oxygen atoms in total. The van der Waals surface area contributed by atoms with Crippen LogP contribution in [-0.2, 0) is 4.74 Å². The standard InChI is InChI=1S/C17H27NO3/c1-12-7-9-17(21-4,10-8-12)16(18)13-5-6-14(19-2)15(11-13)20-3/h5-6,11-12,16H,7-10,18H2,1-4H3. The van der Waals surface area contributed by atoms with Crippen LogP contribution in [0.1, 0.15) is 44.2 Å². The van der Waals surface area contributed by atoms with Crippen LogP contribution in [0.15, 0.2) is 18.2 Å². The van der Waals surface area contributed by atoms with Crippen molar-refractivity contribution >= 4 is 0 Å². The molecule has 0 saturated heterocycles. The molecule has 0 spiro atoms. The molecule has 4 heteroatoms. The van der Waals surface area contributed by atoms with E-state index in [2.05, 4.69) is 6.92 Å². The Labute approximate surface area is 127 Å². The zero-order chi connectivity index (χ0) is 15.5. The Morgan fingerprint density at radius 3 is 2.24 bits per heavy atom. The summed E-state index contributed by atoms with van der Waals surface area (Å²) in [7, 11) is 5.05. The van der Waals surface area contributed by atoms with Gasteiger partial charge in [-0.25, -0.2) is 0 Å². The first-order chi connectivity index (χ1) is 10.1. The quantitative estimate of drug-likeness (QED) is 0.905. The van der Waals surface area contributed by atoms with Gasteiger partial charge in [0.15, 0.2) is 11.5 Å². The summed E-state index contributed by atoms with van der Waals surface area (Å²) >= 11 is 0. The van der Waals surface area contributed by atoms with E-state index in [9.17, 15) is 0 Å². The summed E-state index contributed by atoms with van der Waals surface area (Å²) in [5.41, 5.74) is 7.31. The van der Waals surface area contributed by atoms with E-state index >= 15 is 0 Å². The minimum Gasteiger partial charge on any atom is -0.493 e. The number of hydrogen-bond donors (Lipinski definition) is 1. The molecule has 1 fully saturated rings. The number of hydrogen-bond acceptors (Lipinski definition) is 4. The van der Waals surface area contributed by atoms with Gasteiger partial charge in [0.1, 0.15) is 0 Å². The van der Waals surface area contributed by atoms with Crippen LogP contribution in [-0.4, -0.2) is 26.9 Å². The zero-order valence-electron chi connectivity index (χ0n) is 13.5. The van der Waals surface area contributed by atoms with Crippen LogP contribution in [0.2, 0.25) is 0 Å². The van der Waals surface area contributed by atoms with Crippen LogP contribution < -0.4 is 15.2 Å². The normalized spacial score (nSPS) is 27.2. The summed E-state index contributed by atoms with van der Waals surface area (Å²) in [6.07, 6.45) is 4.32. The predicted octanol–water partition coefficient (Wildman–Crippen LogP) is 3.30. The molecule has 2 N–H and O–H groups in total. The van der Waals surface area contributed by atoms with Gasteiger partial charge in [-0.1, -0.05) is 13.0 Å². The average molecular weight is 293 g/mol. The van der Waals surface area contributed by atoms with Crippen molar-refractivity contribution < 1.29 is 14.2 Å². The van der Waals surface area contributed by atoms with Crippen molar-refractivity contribution in [2.24, 2.45) is 11.7 Å². The lowest BCUT2D eigenvalue weighted by atomic mass is 9.73. The Hall–Kier alpha value is -1.26. The second-order valence-electron chi connectivity index (χ2n) is 6.04. The molecule has 1 aromatic rings. The van der Waals surface area contributed by atoms with Crippen molar-refractivity contribution in [1.82, 2.24) is 0 Å². The van der Waals surface area contributed by atoms with Crippen LogP contribution in [0.3, 0.4) is 0 Å². The number of ether oxygens (including phenoxy) is 3. The molecule has 0 aromatic heterocycles. The maximum absolute atomic E-state index is 6.55. The molecule has 1 aromatic carbocycles. The number of nitrogens with two attached hydrogens (primary N) is 1. The van der Waals surface area contributed by atoms with E-state index < -0.39 is 0 Å². The number of rotatable bonds is 5. The SMILES string of the molecule is COc1ccc(C(N)C2(OC)CCC(C)CC2)cc1OC. The molecular formula is C17H27NO3. The smallest absolute Gasteiger partial charge is 0.161 e. The summed E-state index contributed by atoms with van der Waals surface area (Å²) in [6.45, 7) is 2.29. The fourth-order valence-electron chi connectivity index (χ4n) is 3.24. The van der Waals surface area contributed by atoms with Crippen molar-refractivity contribution in [2.75, 3.05) is 21.3 Å². The molecule has 1 aliphatic rings. The van der Waals surface area contributed by atoms with E-state index in [1.807, 2.05) is 18.2 Å². The minimum atomic E-state index is -0.272. The first-order valence-corrected chi connectivity index (χ1v) is 7.59. The topological polar surface area (TPSA) is 53.7 Å². The molecule has 0 aliphatic heterocycles. The van der Waals surface area contributed by atoms with Crippen molar-refractivity contribution in [3.63, 3.8) is 0 Å². The maximum atomic E-state index is 6.55. The van der Waals surface area contributed by atoms with Crippen LogP contribution in [0, 0.1) is 5.92 Å². The number of benzene rings is 1. The Morgan fingerprint density at radius 1 is 1.10 bits per heavy atom. The fourth-order valence-corrected chi connectivity index (χ4v) is 3.24. The lowest BCUT2D eigenvalue weighted by Gasteiger charge is -2.42. The van der Waals surface area contributed by atoms with E-state index in [0.717, 1.165) is 42.9 Å². The molecule has 2 rings (SSSR count). The van der Waals surface area contributed by atoms with Crippen LogP contribution in [0.4, 0.5) is 0 Å². The summed E-state index contributed by atoms with van der Waals surface area (Å²) in [4.78, 5) is 0. The molecule has 0 radical (unpaired) electrons. The lowest BCUT2D eigenvalue weighted by Crippen LogP contribution is -2.45. The highest BCUT2D eigenvalue weighted by atomic mass is 16.5. The summed E-state index contributed by atoms with van der Waals surface area (Å²) in [5.74, 6) is 2.18. The Kier molecular flexibility index (Phi) is 5.12. The van der Waals surface area contributed by atoms with E-state index in [1.165, 1.54) is 0 Å². The Bertz CT molecular complexity index is 467. The van der Waals surface area contributed by atoms with Gasteiger partial charge in [-0.3, -0.25) is 0 Å². The fraction of sp³-hybridized carbons (Fsp3) is 0.647. The first kappa shape index (κ1) is 16.1. The average Bonchev–Trinajstić information content (AvgIpc) is 2.54. The van der Waals surface area contributed by atoms with E-state index in [0.29, 0.717) is 5.75 Å². The van der Waals surface area contributed by atoms with Gasteiger partial charge < -0.3 is 19.9 Å². The molecule has 0 bridgehead atoms. The van der Waals surface area contributed by atoms with Crippen molar-refractivity contribution in [2.45, 2.75) is 44.2 Å². The molecule has 0 heterocycles. The Balaban J connectivity index is 2.27. The highest BCUT2D eigenvalue weighted by molar-refractivity contribution is 5.44. The van der Waals surface area contributed by atoms with Crippen molar-refractivity contribution in [3.8, 4) is 11.5 Å². The van der Waals surface area contributed by atoms with E-state index in [1.54, 1.807) is 21.3 Å².